The van der Waals surface area contributed by atoms with E-state index >= 15 is 0 Å². The highest BCUT2D eigenvalue weighted by Crippen LogP contribution is 2.35. The second kappa shape index (κ2) is 7.95. The number of aromatic nitrogens is 3. The summed E-state index contributed by atoms with van der Waals surface area (Å²) in [4.78, 5) is 25.1. The first-order chi connectivity index (χ1) is 14.8. The van der Waals surface area contributed by atoms with E-state index < -0.39 is 17.6 Å². The Bertz CT molecular complexity index is 1290. The minimum atomic E-state index is -4.51. The number of anilines is 1. The smallest absolute Gasteiger partial charge is 0.417 e. The van der Waals surface area contributed by atoms with E-state index in [4.69, 9.17) is 4.74 Å². The lowest BCUT2D eigenvalue weighted by Crippen LogP contribution is -2.14. The third-order valence-electron chi connectivity index (χ3n) is 4.48. The van der Waals surface area contributed by atoms with Gasteiger partial charge in [-0.15, -0.1) is 0 Å². The van der Waals surface area contributed by atoms with Crippen molar-refractivity contribution >= 4 is 32.7 Å². The summed E-state index contributed by atoms with van der Waals surface area (Å²) in [6.07, 6.45) is -2.34. The van der Waals surface area contributed by atoms with Gasteiger partial charge in [-0.3, -0.25) is 15.1 Å². The van der Waals surface area contributed by atoms with Gasteiger partial charge >= 0.3 is 6.18 Å². The van der Waals surface area contributed by atoms with Crippen LogP contribution in [-0.2, 0) is 6.18 Å². The summed E-state index contributed by atoms with van der Waals surface area (Å²) in [5, 5.41) is 2.78. The van der Waals surface area contributed by atoms with Crippen LogP contribution in [0.4, 0.5) is 18.3 Å². The number of thiazole rings is 1. The number of ether oxygens (including phenoxy) is 1. The molecular weight excluding hydrogens is 429 g/mol. The van der Waals surface area contributed by atoms with E-state index in [9.17, 15) is 18.0 Å². The Morgan fingerprint density at radius 1 is 1.10 bits per heavy atom. The van der Waals surface area contributed by atoms with Crippen molar-refractivity contribution in [2.24, 2.45) is 0 Å². The van der Waals surface area contributed by atoms with Crippen LogP contribution in [0, 0.1) is 6.92 Å². The van der Waals surface area contributed by atoms with Gasteiger partial charge in [-0.2, -0.15) is 18.2 Å². The van der Waals surface area contributed by atoms with Crippen LogP contribution >= 0.6 is 11.3 Å². The van der Waals surface area contributed by atoms with Gasteiger partial charge in [0.1, 0.15) is 5.75 Å². The van der Waals surface area contributed by atoms with Crippen molar-refractivity contribution in [1.82, 2.24) is 15.0 Å². The summed E-state index contributed by atoms with van der Waals surface area (Å²) in [7, 11) is 1.54. The lowest BCUT2D eigenvalue weighted by atomic mass is 9.99. The zero-order valence-corrected chi connectivity index (χ0v) is 17.1. The molecule has 0 aliphatic rings. The van der Waals surface area contributed by atoms with E-state index in [1.54, 1.807) is 19.1 Å². The van der Waals surface area contributed by atoms with E-state index in [0.29, 0.717) is 22.6 Å². The van der Waals surface area contributed by atoms with E-state index in [1.165, 1.54) is 13.3 Å². The molecule has 158 valence electrons. The van der Waals surface area contributed by atoms with Crippen LogP contribution in [0.1, 0.15) is 21.6 Å². The van der Waals surface area contributed by atoms with E-state index in [0.717, 1.165) is 23.6 Å². The third-order valence-corrected chi connectivity index (χ3v) is 5.38. The van der Waals surface area contributed by atoms with E-state index in [1.807, 2.05) is 18.2 Å². The Labute approximate surface area is 178 Å². The molecule has 0 fully saturated rings. The summed E-state index contributed by atoms with van der Waals surface area (Å²) >= 11 is 0.912. The van der Waals surface area contributed by atoms with Gasteiger partial charge in [0.05, 0.1) is 22.9 Å². The second-order valence-corrected chi connectivity index (χ2v) is 7.62. The molecule has 0 aliphatic carbocycles. The minimum Gasteiger partial charge on any atom is -0.496 e. The van der Waals surface area contributed by atoms with Crippen LogP contribution < -0.4 is 10.1 Å². The van der Waals surface area contributed by atoms with Crippen LogP contribution in [-0.4, -0.2) is 28.0 Å². The van der Waals surface area contributed by atoms with Crippen molar-refractivity contribution in [2.45, 2.75) is 13.1 Å². The average molecular weight is 444 g/mol. The molecular formula is C21H15F3N4O2S. The number of aryl methyl sites for hydroxylation is 1. The monoisotopic (exact) mass is 444 g/mol. The molecule has 10 heteroatoms. The SMILES string of the molecule is COc1ccccc1-c1cc(C)ncc1C(=O)Nc1nc2ncc(C(F)(F)F)cc2s1. The van der Waals surface area contributed by atoms with Crippen molar-refractivity contribution < 1.29 is 22.7 Å². The Morgan fingerprint density at radius 2 is 1.87 bits per heavy atom. The van der Waals surface area contributed by atoms with Crippen LogP contribution in [0.15, 0.2) is 48.8 Å². The Morgan fingerprint density at radius 3 is 2.61 bits per heavy atom. The normalized spacial score (nSPS) is 11.5. The molecule has 6 nitrogen and oxygen atoms in total. The number of pyridine rings is 2. The number of hydrogen-bond acceptors (Lipinski definition) is 6. The number of carbonyl (C=O) groups excluding carboxylic acids is 1. The molecule has 0 atom stereocenters. The minimum absolute atomic E-state index is 0.125. The lowest BCUT2D eigenvalue weighted by molar-refractivity contribution is -0.137. The second-order valence-electron chi connectivity index (χ2n) is 6.59. The van der Waals surface area contributed by atoms with E-state index in [2.05, 4.69) is 20.3 Å². The molecule has 3 aromatic heterocycles. The first kappa shape index (κ1) is 20.7. The van der Waals surface area contributed by atoms with Crippen LogP contribution in [0.25, 0.3) is 21.5 Å². The molecule has 31 heavy (non-hydrogen) atoms. The van der Waals surface area contributed by atoms with Crippen molar-refractivity contribution in [3.8, 4) is 16.9 Å². The molecule has 0 saturated carbocycles. The average Bonchev–Trinajstić information content (AvgIpc) is 3.14. The molecule has 0 unspecified atom stereocenters. The summed E-state index contributed by atoms with van der Waals surface area (Å²) in [6, 6.07) is 9.98. The molecule has 0 bridgehead atoms. The number of benzene rings is 1. The maximum atomic E-state index is 13.0. The number of nitrogens with one attached hydrogen (secondary N) is 1. The number of hydrogen-bond donors (Lipinski definition) is 1. The molecule has 0 saturated heterocycles. The molecule has 1 N–H and O–H groups in total. The first-order valence-electron chi connectivity index (χ1n) is 9.01. The number of nitrogens with zero attached hydrogens (tertiary/aromatic N) is 3. The van der Waals surface area contributed by atoms with Crippen molar-refractivity contribution in [3.63, 3.8) is 0 Å². The Hall–Kier alpha value is -3.53. The van der Waals surface area contributed by atoms with Crippen molar-refractivity contribution in [3.05, 3.63) is 65.6 Å². The summed E-state index contributed by atoms with van der Waals surface area (Å²) in [5.41, 5.74) is 1.56. The number of alkyl halides is 3. The zero-order valence-electron chi connectivity index (χ0n) is 16.3. The van der Waals surface area contributed by atoms with Gasteiger partial charge in [0, 0.05) is 29.2 Å². The van der Waals surface area contributed by atoms with Crippen LogP contribution in [0.5, 0.6) is 5.75 Å². The summed E-state index contributed by atoms with van der Waals surface area (Å²) in [6.45, 7) is 1.80. The Kier molecular flexibility index (Phi) is 5.32. The third kappa shape index (κ3) is 4.19. The highest BCUT2D eigenvalue weighted by atomic mass is 32.1. The summed E-state index contributed by atoms with van der Waals surface area (Å²) < 4.78 is 44.4. The topological polar surface area (TPSA) is 77.0 Å². The van der Waals surface area contributed by atoms with Gasteiger partial charge < -0.3 is 4.74 Å². The maximum Gasteiger partial charge on any atom is 0.417 e. The number of methoxy groups -OCH3 is 1. The van der Waals surface area contributed by atoms with Crippen molar-refractivity contribution in [1.29, 1.82) is 0 Å². The zero-order chi connectivity index (χ0) is 22.2. The fourth-order valence-electron chi connectivity index (χ4n) is 3.02. The fourth-order valence-corrected chi connectivity index (χ4v) is 3.88. The molecule has 3 heterocycles. The van der Waals surface area contributed by atoms with Gasteiger partial charge in [-0.1, -0.05) is 29.5 Å². The van der Waals surface area contributed by atoms with Gasteiger partial charge in [-0.25, -0.2) is 4.98 Å². The number of fused-ring (bicyclic) bond motifs is 1. The molecule has 4 rings (SSSR count). The predicted octanol–water partition coefficient (Wildman–Crippen LogP) is 5.34. The molecule has 0 aliphatic heterocycles. The number of para-hydroxylation sites is 1. The quantitative estimate of drug-likeness (QED) is 0.460. The highest BCUT2D eigenvalue weighted by Gasteiger charge is 2.31. The molecule has 1 amide bonds. The number of carbonyl (C=O) groups is 1. The predicted molar refractivity (Wildman–Crippen MR) is 111 cm³/mol. The first-order valence-corrected chi connectivity index (χ1v) is 9.83. The Balaban J connectivity index is 1.69. The standard InChI is InChI=1S/C21H15F3N4O2S/c1-11-7-14(13-5-3-4-6-16(13)30-2)15(10-25-11)19(29)28-20-27-18-17(31-20)8-12(9-26-18)21(22,23)24/h3-10H,1-2H3,(H,26,27,28,29). The van der Waals surface area contributed by atoms with Gasteiger partial charge in [-0.05, 0) is 25.1 Å². The molecule has 0 radical (unpaired) electrons. The summed E-state index contributed by atoms with van der Waals surface area (Å²) in [5.74, 6) is 0.0922. The largest absolute Gasteiger partial charge is 0.496 e. The van der Waals surface area contributed by atoms with Gasteiger partial charge in [0.25, 0.3) is 5.91 Å². The number of amides is 1. The maximum absolute atomic E-state index is 13.0. The van der Waals surface area contributed by atoms with E-state index in [-0.39, 0.29) is 21.0 Å². The van der Waals surface area contributed by atoms with Crippen LogP contribution in [0.2, 0.25) is 0 Å². The number of rotatable bonds is 4. The number of halogens is 3. The van der Waals surface area contributed by atoms with Crippen molar-refractivity contribution in [2.75, 3.05) is 12.4 Å². The highest BCUT2D eigenvalue weighted by molar-refractivity contribution is 7.22. The van der Waals surface area contributed by atoms with Crippen LogP contribution in [0.3, 0.4) is 0 Å². The molecule has 4 aromatic rings. The molecule has 1 aromatic carbocycles. The van der Waals surface area contributed by atoms with Gasteiger partial charge in [0.2, 0.25) is 0 Å². The fraction of sp³-hybridized carbons (Fsp3) is 0.143. The lowest BCUT2D eigenvalue weighted by Gasteiger charge is -2.13. The van der Waals surface area contributed by atoms with Gasteiger partial charge in [0.15, 0.2) is 10.8 Å². The molecule has 0 spiro atoms.